The van der Waals surface area contributed by atoms with Crippen LogP contribution in [0.4, 0.5) is 0 Å². The van der Waals surface area contributed by atoms with Gasteiger partial charge < -0.3 is 14.2 Å². The molecule has 7 heteroatoms. The first kappa shape index (κ1) is 19.1. The number of para-hydroxylation sites is 1. The fourth-order valence-electron chi connectivity index (χ4n) is 2.23. The van der Waals surface area contributed by atoms with Crippen molar-refractivity contribution in [3.63, 3.8) is 0 Å². The Balaban J connectivity index is 1.91. The van der Waals surface area contributed by atoms with E-state index in [-0.39, 0.29) is 5.56 Å². The molecule has 0 aliphatic rings. The summed E-state index contributed by atoms with van der Waals surface area (Å²) in [6, 6.07) is 13.2. The highest BCUT2D eigenvalue weighted by molar-refractivity contribution is 6.07. The number of hydrogen-bond acceptors (Lipinski definition) is 6. The summed E-state index contributed by atoms with van der Waals surface area (Å²) >= 11 is 0. The molecule has 2 amide bonds. The highest BCUT2D eigenvalue weighted by Gasteiger charge is 2.16. The van der Waals surface area contributed by atoms with Crippen molar-refractivity contribution in [3.8, 4) is 5.75 Å². The summed E-state index contributed by atoms with van der Waals surface area (Å²) in [5.74, 6) is -1.69. The fraction of sp³-hybridized carbons (Fsp3) is 0.211. The summed E-state index contributed by atoms with van der Waals surface area (Å²) in [5.41, 5.74) is 1.31. The molecular weight excluding hydrogens is 338 g/mol. The van der Waals surface area contributed by atoms with Crippen molar-refractivity contribution in [1.29, 1.82) is 0 Å². The van der Waals surface area contributed by atoms with Crippen LogP contribution in [0.25, 0.3) is 0 Å². The van der Waals surface area contributed by atoms with Gasteiger partial charge in [-0.25, -0.2) is 4.79 Å². The second-order valence-electron chi connectivity index (χ2n) is 5.29. The first-order chi connectivity index (χ1) is 12.5. The van der Waals surface area contributed by atoms with Crippen LogP contribution in [-0.2, 0) is 20.9 Å². The number of carbonyl (C=O) groups is 3. The van der Waals surface area contributed by atoms with Crippen LogP contribution in [0.5, 0.6) is 5.75 Å². The van der Waals surface area contributed by atoms with Gasteiger partial charge in [0.2, 0.25) is 0 Å². The van der Waals surface area contributed by atoms with E-state index in [9.17, 15) is 14.4 Å². The number of esters is 1. The predicted octanol–water partition coefficient (Wildman–Crippen LogP) is 1.95. The SMILES string of the molecule is COCc1cccc(C(=O)OCC(=O)NC(=O)c2ccccc2OC)c1. The summed E-state index contributed by atoms with van der Waals surface area (Å²) in [7, 11) is 2.97. The van der Waals surface area contributed by atoms with E-state index in [0.29, 0.717) is 17.9 Å². The topological polar surface area (TPSA) is 90.9 Å². The third-order valence-corrected chi connectivity index (χ3v) is 3.41. The Labute approximate surface area is 150 Å². The number of methoxy groups -OCH3 is 2. The van der Waals surface area contributed by atoms with E-state index in [0.717, 1.165) is 5.56 Å². The Kier molecular flexibility index (Phi) is 6.87. The third kappa shape index (κ3) is 5.15. The minimum absolute atomic E-state index is 0.210. The Morgan fingerprint density at radius 2 is 1.77 bits per heavy atom. The molecule has 7 nitrogen and oxygen atoms in total. The van der Waals surface area contributed by atoms with Crippen molar-refractivity contribution >= 4 is 17.8 Å². The lowest BCUT2D eigenvalue weighted by Gasteiger charge is -2.09. The van der Waals surface area contributed by atoms with Gasteiger partial charge in [-0.15, -0.1) is 0 Å². The average molecular weight is 357 g/mol. The summed E-state index contributed by atoms with van der Waals surface area (Å²) < 4.78 is 15.0. The van der Waals surface area contributed by atoms with Gasteiger partial charge in [0.05, 0.1) is 24.8 Å². The van der Waals surface area contributed by atoms with Crippen molar-refractivity contribution in [1.82, 2.24) is 5.32 Å². The molecule has 0 saturated heterocycles. The molecule has 0 spiro atoms. The zero-order chi connectivity index (χ0) is 18.9. The predicted molar refractivity (Wildman–Crippen MR) is 92.9 cm³/mol. The third-order valence-electron chi connectivity index (χ3n) is 3.41. The molecule has 2 aromatic rings. The minimum Gasteiger partial charge on any atom is -0.496 e. The van der Waals surface area contributed by atoms with E-state index in [2.05, 4.69) is 5.32 Å². The molecule has 2 rings (SSSR count). The van der Waals surface area contributed by atoms with Crippen LogP contribution < -0.4 is 10.1 Å². The maximum atomic E-state index is 12.1. The van der Waals surface area contributed by atoms with Gasteiger partial charge in [-0.05, 0) is 29.8 Å². The average Bonchev–Trinajstić information content (AvgIpc) is 2.66. The molecule has 0 bridgehead atoms. The smallest absolute Gasteiger partial charge is 0.338 e. The summed E-state index contributed by atoms with van der Waals surface area (Å²) in [6.45, 7) is -0.219. The first-order valence-electron chi connectivity index (χ1n) is 7.77. The van der Waals surface area contributed by atoms with Crippen molar-refractivity contribution in [2.75, 3.05) is 20.8 Å². The Bertz CT molecular complexity index is 802. The van der Waals surface area contributed by atoms with E-state index >= 15 is 0 Å². The summed E-state index contributed by atoms with van der Waals surface area (Å²) in [6.07, 6.45) is 0. The number of nitrogens with one attached hydrogen (secondary N) is 1. The van der Waals surface area contributed by atoms with E-state index in [1.54, 1.807) is 49.6 Å². The van der Waals surface area contributed by atoms with Gasteiger partial charge in [0.25, 0.3) is 11.8 Å². The van der Waals surface area contributed by atoms with Crippen molar-refractivity contribution in [2.45, 2.75) is 6.61 Å². The van der Waals surface area contributed by atoms with E-state index in [1.807, 2.05) is 0 Å². The number of benzene rings is 2. The Morgan fingerprint density at radius 3 is 2.50 bits per heavy atom. The second-order valence-corrected chi connectivity index (χ2v) is 5.29. The van der Waals surface area contributed by atoms with Gasteiger partial charge in [-0.2, -0.15) is 0 Å². The number of imide groups is 1. The zero-order valence-corrected chi connectivity index (χ0v) is 14.5. The van der Waals surface area contributed by atoms with Crippen LogP contribution in [0.1, 0.15) is 26.3 Å². The number of rotatable bonds is 7. The zero-order valence-electron chi connectivity index (χ0n) is 14.5. The van der Waals surface area contributed by atoms with E-state index in [4.69, 9.17) is 14.2 Å². The summed E-state index contributed by atoms with van der Waals surface area (Å²) in [5, 5.41) is 2.15. The largest absolute Gasteiger partial charge is 0.496 e. The highest BCUT2D eigenvalue weighted by atomic mass is 16.5. The van der Waals surface area contributed by atoms with Crippen molar-refractivity contribution in [3.05, 3.63) is 65.2 Å². The van der Waals surface area contributed by atoms with Gasteiger partial charge in [-0.1, -0.05) is 24.3 Å². The normalized spacial score (nSPS) is 10.1. The van der Waals surface area contributed by atoms with Crippen LogP contribution in [0.3, 0.4) is 0 Å². The van der Waals surface area contributed by atoms with Crippen molar-refractivity contribution in [2.24, 2.45) is 0 Å². The van der Waals surface area contributed by atoms with Crippen LogP contribution >= 0.6 is 0 Å². The van der Waals surface area contributed by atoms with Crippen LogP contribution in [0.2, 0.25) is 0 Å². The number of hydrogen-bond donors (Lipinski definition) is 1. The van der Waals surface area contributed by atoms with Gasteiger partial charge in [0, 0.05) is 7.11 Å². The molecule has 0 heterocycles. The van der Waals surface area contributed by atoms with Crippen LogP contribution in [0, 0.1) is 0 Å². The molecule has 0 aliphatic carbocycles. The molecular formula is C19H19NO6. The molecule has 1 N–H and O–H groups in total. The van der Waals surface area contributed by atoms with Crippen LogP contribution in [0.15, 0.2) is 48.5 Å². The molecule has 0 atom stereocenters. The molecule has 0 fully saturated rings. The maximum Gasteiger partial charge on any atom is 0.338 e. The number of ether oxygens (including phenoxy) is 3. The molecule has 0 saturated carbocycles. The van der Waals surface area contributed by atoms with Crippen molar-refractivity contribution < 1.29 is 28.6 Å². The second kappa shape index (κ2) is 9.33. The first-order valence-corrected chi connectivity index (χ1v) is 7.77. The number of carbonyl (C=O) groups excluding carboxylic acids is 3. The monoisotopic (exact) mass is 357 g/mol. The molecule has 136 valence electrons. The Morgan fingerprint density at radius 1 is 1.00 bits per heavy atom. The van der Waals surface area contributed by atoms with Gasteiger partial charge >= 0.3 is 5.97 Å². The fourth-order valence-corrected chi connectivity index (χ4v) is 2.23. The lowest BCUT2D eigenvalue weighted by molar-refractivity contribution is -0.123. The molecule has 0 unspecified atom stereocenters. The quantitative estimate of drug-likeness (QED) is 0.762. The van der Waals surface area contributed by atoms with Gasteiger partial charge in [0.15, 0.2) is 6.61 Å². The minimum atomic E-state index is -0.734. The van der Waals surface area contributed by atoms with E-state index in [1.165, 1.54) is 13.2 Å². The van der Waals surface area contributed by atoms with Crippen LogP contribution in [-0.4, -0.2) is 38.6 Å². The standard InChI is InChI=1S/C19H19NO6/c1-24-11-13-6-5-7-14(10-13)19(23)26-12-17(21)20-18(22)15-8-3-4-9-16(15)25-2/h3-10H,11-12H2,1-2H3,(H,20,21,22). The lowest BCUT2D eigenvalue weighted by Crippen LogP contribution is -2.34. The van der Waals surface area contributed by atoms with Gasteiger partial charge in [0.1, 0.15) is 5.75 Å². The maximum absolute atomic E-state index is 12.1. The molecule has 2 aromatic carbocycles. The molecule has 0 aliphatic heterocycles. The summed E-state index contributed by atoms with van der Waals surface area (Å²) in [4.78, 5) is 36.0. The molecule has 0 aromatic heterocycles. The van der Waals surface area contributed by atoms with E-state index < -0.39 is 24.4 Å². The highest BCUT2D eigenvalue weighted by Crippen LogP contribution is 2.16. The van der Waals surface area contributed by atoms with Gasteiger partial charge in [-0.3, -0.25) is 14.9 Å². The molecule has 26 heavy (non-hydrogen) atoms. The molecule has 0 radical (unpaired) electrons. The lowest BCUT2D eigenvalue weighted by atomic mass is 10.1. The number of amides is 2. The Hall–Kier alpha value is -3.19.